The first-order valence-electron chi connectivity index (χ1n) is 14.4. The molecule has 204 valence electrons. The van der Waals surface area contributed by atoms with E-state index in [0.29, 0.717) is 12.0 Å². The first kappa shape index (κ1) is 30.6. The second-order valence-corrected chi connectivity index (χ2v) is 9.57. The van der Waals surface area contributed by atoms with Crippen LogP contribution in [0.15, 0.2) is 66.4 Å². The highest BCUT2D eigenvalue weighted by Crippen LogP contribution is 2.30. The fourth-order valence-corrected chi connectivity index (χ4v) is 5.28. The molecule has 1 aromatic carbocycles. The molecule has 2 atom stereocenters. The quantitative estimate of drug-likeness (QED) is 0.145. The molecular formula is C32H49N3O2. The highest BCUT2D eigenvalue weighted by atomic mass is 16.5. The number of hydroxylamine groups is 1. The smallest absolute Gasteiger partial charge is 0.267 e. The van der Waals surface area contributed by atoms with E-state index in [1.807, 2.05) is 39.8 Å². The molecule has 3 aliphatic rings. The normalized spacial score (nSPS) is 20.6. The number of nitrogens with zero attached hydrogens (tertiary/aromatic N) is 1. The van der Waals surface area contributed by atoms with Crippen LogP contribution in [0.2, 0.25) is 0 Å². The topological polar surface area (TPSA) is 64.6 Å². The molecule has 2 aliphatic carbocycles. The molecule has 1 heterocycles. The van der Waals surface area contributed by atoms with Crippen molar-refractivity contribution in [3.8, 4) is 0 Å². The summed E-state index contributed by atoms with van der Waals surface area (Å²) in [5.74, 6) is 0.777. The van der Waals surface area contributed by atoms with Gasteiger partial charge in [0.1, 0.15) is 0 Å². The standard InChI is InChI=1S/C28H37N3O2.2C2H6/c32-28(30-33)16-15-22-11-13-24(14-12-22)21-31(20-23-7-3-1-4-8-23)18-17-25-19-29-27-10-6-2-5-9-26(25)27;2*1-2/h5-6,9-16,19,23,26-27,29,33H,1-4,7-8,17-18,20-21H2,(H,30,32);2*1-2H3/b16-15+;;. The molecule has 1 saturated carbocycles. The molecule has 1 aliphatic heterocycles. The summed E-state index contributed by atoms with van der Waals surface area (Å²) in [6.07, 6.45) is 23.5. The maximum atomic E-state index is 11.2. The fraction of sp³-hybridized carbons (Fsp3) is 0.531. The van der Waals surface area contributed by atoms with E-state index < -0.39 is 5.91 Å². The number of carbonyl (C=O) groups excluding carboxylic acids is 1. The van der Waals surface area contributed by atoms with Crippen molar-refractivity contribution in [1.29, 1.82) is 0 Å². The average molecular weight is 508 g/mol. The van der Waals surface area contributed by atoms with Crippen LogP contribution in [0.1, 0.15) is 83.8 Å². The Balaban J connectivity index is 0.00000115. The fourth-order valence-electron chi connectivity index (χ4n) is 5.28. The molecule has 0 aromatic heterocycles. The molecule has 5 nitrogen and oxygen atoms in total. The van der Waals surface area contributed by atoms with Gasteiger partial charge in [0.2, 0.25) is 0 Å². The molecule has 0 saturated heterocycles. The van der Waals surface area contributed by atoms with Crippen molar-refractivity contribution < 1.29 is 10.0 Å². The molecule has 2 unspecified atom stereocenters. The lowest BCUT2D eigenvalue weighted by Crippen LogP contribution is -2.32. The van der Waals surface area contributed by atoms with Gasteiger partial charge in [0.15, 0.2) is 0 Å². The minimum absolute atomic E-state index is 0.416. The van der Waals surface area contributed by atoms with E-state index in [1.165, 1.54) is 55.9 Å². The highest BCUT2D eigenvalue weighted by Gasteiger charge is 2.26. The number of nitrogens with one attached hydrogen (secondary N) is 2. The summed E-state index contributed by atoms with van der Waals surface area (Å²) in [6, 6.07) is 8.78. The van der Waals surface area contributed by atoms with Gasteiger partial charge in [-0.2, -0.15) is 0 Å². The van der Waals surface area contributed by atoms with Crippen LogP contribution in [0, 0.1) is 11.8 Å². The summed E-state index contributed by atoms with van der Waals surface area (Å²) in [4.78, 5) is 13.8. The zero-order valence-corrected chi connectivity index (χ0v) is 23.5. The minimum Gasteiger partial charge on any atom is -0.384 e. The summed E-state index contributed by atoms with van der Waals surface area (Å²) in [6.45, 7) is 11.2. The molecular weight excluding hydrogens is 458 g/mol. The summed E-state index contributed by atoms with van der Waals surface area (Å²) in [5, 5.41) is 12.2. The van der Waals surface area contributed by atoms with Crippen LogP contribution in [0.25, 0.3) is 6.08 Å². The maximum absolute atomic E-state index is 11.2. The van der Waals surface area contributed by atoms with E-state index in [0.717, 1.165) is 37.4 Å². The van der Waals surface area contributed by atoms with Gasteiger partial charge in [0.05, 0.1) is 6.04 Å². The van der Waals surface area contributed by atoms with Gasteiger partial charge < -0.3 is 5.32 Å². The lowest BCUT2D eigenvalue weighted by Gasteiger charge is -2.30. The van der Waals surface area contributed by atoms with Crippen LogP contribution in [0.3, 0.4) is 0 Å². The van der Waals surface area contributed by atoms with Crippen molar-refractivity contribution in [3.63, 3.8) is 0 Å². The molecule has 1 amide bonds. The number of amides is 1. The lowest BCUT2D eigenvalue weighted by molar-refractivity contribution is -0.124. The van der Waals surface area contributed by atoms with Crippen molar-refractivity contribution in [3.05, 3.63) is 77.5 Å². The number of hydrogen-bond donors (Lipinski definition) is 3. The second-order valence-electron chi connectivity index (χ2n) is 9.57. The molecule has 3 N–H and O–H groups in total. The van der Waals surface area contributed by atoms with E-state index in [1.54, 1.807) is 11.6 Å². The largest absolute Gasteiger partial charge is 0.384 e. The van der Waals surface area contributed by atoms with E-state index in [2.05, 4.69) is 52.9 Å². The van der Waals surface area contributed by atoms with Gasteiger partial charge in [-0.05, 0) is 60.6 Å². The van der Waals surface area contributed by atoms with Gasteiger partial charge in [-0.15, -0.1) is 0 Å². The molecule has 0 spiro atoms. The number of benzene rings is 1. The zero-order chi connectivity index (χ0) is 26.9. The van der Waals surface area contributed by atoms with Crippen molar-refractivity contribution in [1.82, 2.24) is 15.7 Å². The lowest BCUT2D eigenvalue weighted by atomic mass is 9.88. The van der Waals surface area contributed by atoms with Crippen LogP contribution in [-0.2, 0) is 11.3 Å². The number of fused-ring (bicyclic) bond motifs is 1. The van der Waals surface area contributed by atoms with Gasteiger partial charge in [0.25, 0.3) is 5.91 Å². The Bertz CT molecular complexity index is 895. The summed E-state index contributed by atoms with van der Waals surface area (Å²) < 4.78 is 0. The number of rotatable bonds is 9. The predicted octanol–water partition coefficient (Wildman–Crippen LogP) is 7.02. The van der Waals surface area contributed by atoms with E-state index in [4.69, 9.17) is 5.21 Å². The van der Waals surface area contributed by atoms with E-state index in [-0.39, 0.29) is 0 Å². The molecule has 5 heteroatoms. The predicted molar refractivity (Wildman–Crippen MR) is 156 cm³/mol. The third kappa shape index (κ3) is 10.3. The third-order valence-corrected chi connectivity index (χ3v) is 7.12. The minimum atomic E-state index is -0.519. The Morgan fingerprint density at radius 3 is 2.46 bits per heavy atom. The van der Waals surface area contributed by atoms with Crippen molar-refractivity contribution >= 4 is 12.0 Å². The maximum Gasteiger partial charge on any atom is 0.267 e. The van der Waals surface area contributed by atoms with Crippen LogP contribution in [0.4, 0.5) is 0 Å². The number of carbonyl (C=O) groups is 1. The Kier molecular flexibility index (Phi) is 14.7. The van der Waals surface area contributed by atoms with Gasteiger partial charge in [0, 0.05) is 31.6 Å². The van der Waals surface area contributed by atoms with Gasteiger partial charge in [-0.3, -0.25) is 14.9 Å². The van der Waals surface area contributed by atoms with Crippen molar-refractivity contribution in [2.75, 3.05) is 13.1 Å². The second kappa shape index (κ2) is 17.8. The molecule has 1 fully saturated rings. The Labute approximate surface area is 225 Å². The summed E-state index contributed by atoms with van der Waals surface area (Å²) in [5.41, 5.74) is 5.37. The monoisotopic (exact) mass is 507 g/mol. The highest BCUT2D eigenvalue weighted by molar-refractivity contribution is 5.90. The first-order valence-corrected chi connectivity index (χ1v) is 14.4. The SMILES string of the molecule is CC.CC.O=C(/C=C/c1ccc(CN(CCC2=CNC3C=CCC=CC23)CC2CCCCC2)cc1)NO. The van der Waals surface area contributed by atoms with Crippen molar-refractivity contribution in [2.45, 2.75) is 85.2 Å². The van der Waals surface area contributed by atoms with Crippen LogP contribution < -0.4 is 10.8 Å². The van der Waals surface area contributed by atoms with Crippen LogP contribution in [-0.4, -0.2) is 35.1 Å². The van der Waals surface area contributed by atoms with Crippen LogP contribution in [0.5, 0.6) is 0 Å². The van der Waals surface area contributed by atoms with E-state index >= 15 is 0 Å². The first-order chi connectivity index (χ1) is 18.2. The Morgan fingerprint density at radius 2 is 1.76 bits per heavy atom. The number of hydrogen-bond acceptors (Lipinski definition) is 4. The molecule has 4 rings (SSSR count). The Morgan fingerprint density at radius 1 is 1.05 bits per heavy atom. The zero-order valence-electron chi connectivity index (χ0n) is 23.5. The summed E-state index contributed by atoms with van der Waals surface area (Å²) >= 11 is 0. The molecule has 0 bridgehead atoms. The van der Waals surface area contributed by atoms with Gasteiger partial charge >= 0.3 is 0 Å². The molecule has 1 aromatic rings. The third-order valence-electron chi connectivity index (χ3n) is 7.12. The summed E-state index contributed by atoms with van der Waals surface area (Å²) in [7, 11) is 0. The van der Waals surface area contributed by atoms with Crippen LogP contribution >= 0.6 is 0 Å². The van der Waals surface area contributed by atoms with Crippen molar-refractivity contribution in [2.24, 2.45) is 11.8 Å². The molecule has 37 heavy (non-hydrogen) atoms. The molecule has 0 radical (unpaired) electrons. The average Bonchev–Trinajstić information content (AvgIpc) is 3.19. The Hall–Kier alpha value is -2.63. The van der Waals surface area contributed by atoms with E-state index in [9.17, 15) is 4.79 Å². The van der Waals surface area contributed by atoms with Gasteiger partial charge in [-0.25, -0.2) is 5.48 Å². The van der Waals surface area contributed by atoms with Gasteiger partial charge in [-0.1, -0.05) is 95.5 Å². The number of allylic oxidation sites excluding steroid dienone is 2.